The van der Waals surface area contributed by atoms with Crippen LogP contribution in [0.3, 0.4) is 0 Å². The Morgan fingerprint density at radius 1 is 0.818 bits per heavy atom. The maximum atomic E-state index is 13.8. The highest BCUT2D eigenvalue weighted by Crippen LogP contribution is 2.42. The van der Waals surface area contributed by atoms with Crippen LogP contribution in [0.15, 0.2) is 72.8 Å². The van der Waals surface area contributed by atoms with Gasteiger partial charge in [0.2, 0.25) is 17.7 Å². The molecule has 3 aromatic rings. The van der Waals surface area contributed by atoms with Crippen molar-refractivity contribution in [1.82, 2.24) is 21.0 Å². The highest BCUT2D eigenvalue weighted by Gasteiger charge is 2.44. The Hall–Kier alpha value is -4.13. The number of amides is 3. The molecule has 296 valence electrons. The summed E-state index contributed by atoms with van der Waals surface area (Å²) in [6, 6.07) is 24.3. The molecule has 11 nitrogen and oxygen atoms in total. The number of hydroxylamine groups is 1. The predicted octanol–water partition coefficient (Wildman–Crippen LogP) is 6.62. The van der Waals surface area contributed by atoms with Gasteiger partial charge in [-0.25, -0.2) is 5.48 Å². The van der Waals surface area contributed by atoms with Crippen molar-refractivity contribution in [2.45, 2.75) is 134 Å². The molecule has 1 saturated carbocycles. The molecule has 11 heteroatoms. The Labute approximate surface area is 325 Å². The summed E-state index contributed by atoms with van der Waals surface area (Å²) in [5, 5.41) is 24.6. The maximum Gasteiger partial charge on any atom is 0.243 e. The number of benzene rings is 3. The lowest BCUT2D eigenvalue weighted by Crippen LogP contribution is -2.61. The van der Waals surface area contributed by atoms with Crippen LogP contribution < -0.4 is 16.1 Å². The SMILES string of the molecule is CC(C)(C)NC(=O)[C@H]1CC[C@H]2CCCC[C@H]2N1C[C@@H]1C[C@H](c2ccc(CO)cc2)O[C@H](c2cccc(-c3cccc(CNC(=O)CCCC(=O)NO)c3)c2)O1. The van der Waals surface area contributed by atoms with E-state index in [1.807, 2.05) is 81.4 Å². The number of rotatable bonds is 13. The summed E-state index contributed by atoms with van der Waals surface area (Å²) in [5.41, 5.74) is 6.93. The molecule has 2 saturated heterocycles. The molecular weight excluding hydrogens is 697 g/mol. The number of likely N-dealkylation sites (tertiary alicyclic amines) is 1. The molecule has 6 rings (SSSR count). The summed E-state index contributed by atoms with van der Waals surface area (Å²) >= 11 is 0. The zero-order valence-corrected chi connectivity index (χ0v) is 32.5. The molecular formula is C44H58N4O7. The molecule has 0 unspecified atom stereocenters. The quantitative estimate of drug-likeness (QED) is 0.0966. The molecule has 2 heterocycles. The van der Waals surface area contributed by atoms with Crippen molar-refractivity contribution in [2.75, 3.05) is 6.54 Å². The van der Waals surface area contributed by atoms with E-state index in [4.69, 9.17) is 14.7 Å². The molecule has 5 N–H and O–H groups in total. The van der Waals surface area contributed by atoms with E-state index in [2.05, 4.69) is 27.7 Å². The van der Waals surface area contributed by atoms with Crippen LogP contribution in [0.4, 0.5) is 0 Å². The number of nitrogens with zero attached hydrogens (tertiary/aromatic N) is 1. The number of hydrogen-bond acceptors (Lipinski definition) is 8. The van der Waals surface area contributed by atoms with Gasteiger partial charge < -0.3 is 25.2 Å². The Balaban J connectivity index is 1.22. The van der Waals surface area contributed by atoms with Gasteiger partial charge in [0, 0.05) is 49.5 Å². The molecule has 0 spiro atoms. The number of hydrogen-bond donors (Lipinski definition) is 5. The molecule has 3 aromatic carbocycles. The number of carbonyl (C=O) groups is 3. The Kier molecular flexibility index (Phi) is 13.8. The van der Waals surface area contributed by atoms with Gasteiger partial charge in [0.25, 0.3) is 0 Å². The number of aliphatic hydroxyl groups excluding tert-OH is 1. The molecule has 2 aliphatic heterocycles. The van der Waals surface area contributed by atoms with Gasteiger partial charge in [-0.15, -0.1) is 0 Å². The number of piperidine rings is 1. The number of carbonyl (C=O) groups excluding carboxylic acids is 3. The van der Waals surface area contributed by atoms with Crippen LogP contribution in [0, 0.1) is 5.92 Å². The van der Waals surface area contributed by atoms with Gasteiger partial charge in [0.1, 0.15) is 0 Å². The van der Waals surface area contributed by atoms with Crippen molar-refractivity contribution in [3.63, 3.8) is 0 Å². The average molecular weight is 755 g/mol. The Morgan fingerprint density at radius 2 is 1.55 bits per heavy atom. The summed E-state index contributed by atoms with van der Waals surface area (Å²) in [5.74, 6) is 0.0107. The number of fused-ring (bicyclic) bond motifs is 1. The lowest BCUT2D eigenvalue weighted by molar-refractivity contribution is -0.255. The highest BCUT2D eigenvalue weighted by atomic mass is 16.7. The first-order valence-electron chi connectivity index (χ1n) is 20.0. The van der Waals surface area contributed by atoms with Crippen LogP contribution in [0.2, 0.25) is 0 Å². The normalized spacial score (nSPS) is 24.4. The van der Waals surface area contributed by atoms with Gasteiger partial charge in [0.15, 0.2) is 6.29 Å². The summed E-state index contributed by atoms with van der Waals surface area (Å²) in [6.45, 7) is 7.07. The van der Waals surface area contributed by atoms with Gasteiger partial charge in [-0.05, 0) is 98.7 Å². The largest absolute Gasteiger partial charge is 0.392 e. The fraction of sp³-hybridized carbons (Fsp3) is 0.523. The number of aliphatic hydroxyl groups is 1. The van der Waals surface area contributed by atoms with E-state index in [0.29, 0.717) is 37.9 Å². The monoisotopic (exact) mass is 754 g/mol. The van der Waals surface area contributed by atoms with E-state index < -0.39 is 12.2 Å². The average Bonchev–Trinajstić information content (AvgIpc) is 3.19. The molecule has 3 aliphatic rings. The Bertz CT molecular complexity index is 1760. The number of ether oxygens (including phenoxy) is 2. The second-order valence-corrected chi connectivity index (χ2v) is 16.5. The first-order valence-corrected chi connectivity index (χ1v) is 20.0. The molecule has 55 heavy (non-hydrogen) atoms. The van der Waals surface area contributed by atoms with Gasteiger partial charge in [-0.3, -0.25) is 24.5 Å². The smallest absolute Gasteiger partial charge is 0.243 e. The van der Waals surface area contributed by atoms with Crippen LogP contribution in [0.1, 0.15) is 120 Å². The van der Waals surface area contributed by atoms with Crippen LogP contribution in [0.25, 0.3) is 11.1 Å². The van der Waals surface area contributed by atoms with Gasteiger partial charge >= 0.3 is 0 Å². The third kappa shape index (κ3) is 11.0. The Morgan fingerprint density at radius 3 is 2.29 bits per heavy atom. The minimum atomic E-state index is -0.648. The molecule has 0 radical (unpaired) electrons. The van der Waals surface area contributed by atoms with E-state index in [-0.39, 0.29) is 55.1 Å². The molecule has 0 aromatic heterocycles. The van der Waals surface area contributed by atoms with Crippen molar-refractivity contribution in [3.8, 4) is 11.1 Å². The maximum absolute atomic E-state index is 13.8. The van der Waals surface area contributed by atoms with Crippen molar-refractivity contribution in [3.05, 3.63) is 95.1 Å². The first-order chi connectivity index (χ1) is 26.5. The zero-order chi connectivity index (χ0) is 39.0. The minimum absolute atomic E-state index is 0.0262. The van der Waals surface area contributed by atoms with Crippen LogP contribution in [-0.2, 0) is 37.0 Å². The second-order valence-electron chi connectivity index (χ2n) is 16.5. The summed E-state index contributed by atoms with van der Waals surface area (Å²) in [4.78, 5) is 39.9. The van der Waals surface area contributed by atoms with Gasteiger partial charge in [0.05, 0.1) is 24.9 Å². The van der Waals surface area contributed by atoms with Crippen molar-refractivity contribution in [1.29, 1.82) is 0 Å². The number of nitrogens with one attached hydrogen (secondary N) is 3. The first kappa shape index (κ1) is 40.5. The highest BCUT2D eigenvalue weighted by molar-refractivity contribution is 5.82. The topological polar surface area (TPSA) is 149 Å². The van der Waals surface area contributed by atoms with E-state index in [1.165, 1.54) is 19.3 Å². The van der Waals surface area contributed by atoms with Gasteiger partial charge in [-0.2, -0.15) is 0 Å². The third-order valence-corrected chi connectivity index (χ3v) is 11.2. The molecule has 1 aliphatic carbocycles. The third-order valence-electron chi connectivity index (χ3n) is 11.2. The zero-order valence-electron chi connectivity index (χ0n) is 32.5. The van der Waals surface area contributed by atoms with Crippen LogP contribution in [-0.4, -0.2) is 63.2 Å². The van der Waals surface area contributed by atoms with E-state index in [0.717, 1.165) is 52.6 Å². The van der Waals surface area contributed by atoms with Crippen molar-refractivity contribution >= 4 is 17.7 Å². The lowest BCUT2D eigenvalue weighted by Gasteiger charge is -2.50. The molecule has 0 bridgehead atoms. The van der Waals surface area contributed by atoms with Crippen molar-refractivity contribution < 1.29 is 34.2 Å². The fourth-order valence-electron chi connectivity index (χ4n) is 8.48. The van der Waals surface area contributed by atoms with Crippen LogP contribution in [0.5, 0.6) is 0 Å². The van der Waals surface area contributed by atoms with E-state index >= 15 is 0 Å². The molecule has 6 atom stereocenters. The van der Waals surface area contributed by atoms with E-state index in [1.54, 1.807) is 5.48 Å². The fourth-order valence-corrected chi connectivity index (χ4v) is 8.48. The molecule has 3 fully saturated rings. The summed E-state index contributed by atoms with van der Waals surface area (Å²) in [6.07, 6.45) is 6.80. The second kappa shape index (κ2) is 18.7. The summed E-state index contributed by atoms with van der Waals surface area (Å²) < 4.78 is 13.7. The minimum Gasteiger partial charge on any atom is -0.392 e. The van der Waals surface area contributed by atoms with Gasteiger partial charge in [-0.1, -0.05) is 73.5 Å². The van der Waals surface area contributed by atoms with Crippen molar-refractivity contribution in [2.24, 2.45) is 5.92 Å². The summed E-state index contributed by atoms with van der Waals surface area (Å²) in [7, 11) is 0. The molecule has 3 amide bonds. The predicted molar refractivity (Wildman–Crippen MR) is 209 cm³/mol. The lowest BCUT2D eigenvalue weighted by atomic mass is 9.75. The van der Waals surface area contributed by atoms with E-state index in [9.17, 15) is 19.5 Å². The standard InChI is InChI=1S/C44H58N4O7/c1-44(2,3)46-42(52)38-22-21-31-10-4-5-14-37(31)48(38)27-36-25-39(32-19-17-29(28-49)18-20-32)55-43(54-36)35-13-7-12-34(24-35)33-11-6-9-30(23-33)26-45-40(50)15-8-16-41(51)47-53/h6-7,9,11-13,17-20,23-24,31,36-39,43,49,53H,4-5,8,10,14-16,21-22,25-28H2,1-3H3,(H,45,50)(H,46,52)(H,47,51)/t31-,36+,37-,38-,39-,43-/m1/s1. The van der Waals surface area contributed by atoms with Crippen LogP contribution >= 0.6 is 0 Å².